The molecule has 2 aromatic carbocycles. The van der Waals surface area contributed by atoms with Crippen LogP contribution in [0.25, 0.3) is 11.0 Å². The molecule has 0 aliphatic carbocycles. The molecule has 0 spiro atoms. The van der Waals surface area contributed by atoms with Crippen LogP contribution in [0, 0.1) is 6.92 Å². The second kappa shape index (κ2) is 13.0. The van der Waals surface area contributed by atoms with E-state index in [9.17, 15) is 0 Å². The number of piperazine rings is 1. The summed E-state index contributed by atoms with van der Waals surface area (Å²) in [6.45, 7) is 8.39. The van der Waals surface area contributed by atoms with E-state index >= 15 is 0 Å². The first kappa shape index (κ1) is 30.4. The Morgan fingerprint density at radius 2 is 1.76 bits per heavy atom. The maximum absolute atomic E-state index is 5.92. The van der Waals surface area contributed by atoms with Gasteiger partial charge in [0.15, 0.2) is 5.82 Å². The second-order valence-corrected chi connectivity index (χ2v) is 12.2. The van der Waals surface area contributed by atoms with Crippen LogP contribution in [0.15, 0.2) is 42.9 Å². The highest BCUT2D eigenvalue weighted by Crippen LogP contribution is 2.43. The van der Waals surface area contributed by atoms with Gasteiger partial charge in [-0.05, 0) is 44.2 Å². The Kier molecular flexibility index (Phi) is 9.43. The number of aryl methyl sites for hydroxylation is 2. The van der Waals surface area contributed by atoms with Crippen LogP contribution < -0.4 is 22.0 Å². The van der Waals surface area contributed by atoms with E-state index in [1.54, 1.807) is 31.5 Å². The standard InChI is InChI=1S/C30H38IN9OS/c1-8-21-19-34-30(37(4)25-17-20(2)24(18-26(25)41-6)39-15-13-36(3)14-16-39)35-29(21)40(31)23-10-9-22-27(33-12-11-32-22)28(23)38(5)42-7/h9-12,17-19H,8,13-16H2,1-7H3. The third-order valence-corrected chi connectivity index (χ3v) is 9.50. The molecule has 2 aromatic heterocycles. The van der Waals surface area contributed by atoms with Crippen LogP contribution in [0.1, 0.15) is 18.1 Å². The van der Waals surface area contributed by atoms with Crippen molar-refractivity contribution in [3.63, 3.8) is 0 Å². The summed E-state index contributed by atoms with van der Waals surface area (Å²) in [5.74, 6) is 2.22. The average Bonchev–Trinajstić information content (AvgIpc) is 3.03. The fourth-order valence-electron chi connectivity index (χ4n) is 5.24. The van der Waals surface area contributed by atoms with Gasteiger partial charge in [-0.1, -0.05) is 18.9 Å². The van der Waals surface area contributed by atoms with Crippen LogP contribution >= 0.6 is 34.8 Å². The maximum atomic E-state index is 5.92. The number of aromatic nitrogens is 4. The third-order valence-electron chi connectivity index (χ3n) is 7.79. The van der Waals surface area contributed by atoms with Gasteiger partial charge in [-0.2, -0.15) is 4.98 Å². The zero-order valence-corrected chi connectivity index (χ0v) is 28.3. The van der Waals surface area contributed by atoms with Crippen LogP contribution in [-0.4, -0.2) is 85.5 Å². The molecule has 0 N–H and O–H groups in total. The van der Waals surface area contributed by atoms with Gasteiger partial charge >= 0.3 is 0 Å². The van der Waals surface area contributed by atoms with E-state index < -0.39 is 0 Å². The fraction of sp³-hybridized carbons (Fsp3) is 0.400. The van der Waals surface area contributed by atoms with Crippen molar-refractivity contribution >= 4 is 80.4 Å². The van der Waals surface area contributed by atoms with Crippen LogP contribution in [0.3, 0.4) is 0 Å². The molecular weight excluding hydrogens is 661 g/mol. The largest absolute Gasteiger partial charge is 0.494 e. The number of benzene rings is 2. The Balaban J connectivity index is 1.54. The number of likely N-dealkylation sites (N-methyl/N-ethyl adjacent to an activating group) is 1. The number of hydrogen-bond acceptors (Lipinski definition) is 11. The lowest BCUT2D eigenvalue weighted by Gasteiger charge is -2.35. The molecule has 1 aliphatic heterocycles. The average molecular weight is 700 g/mol. The number of halogens is 1. The molecule has 1 fully saturated rings. The predicted molar refractivity (Wildman–Crippen MR) is 185 cm³/mol. The molecule has 10 nitrogen and oxygen atoms in total. The van der Waals surface area contributed by atoms with E-state index in [1.807, 2.05) is 31.3 Å². The zero-order valence-electron chi connectivity index (χ0n) is 25.3. The van der Waals surface area contributed by atoms with Gasteiger partial charge < -0.3 is 23.7 Å². The number of rotatable bonds is 9. The molecule has 1 aliphatic rings. The molecular formula is C30H38IN9OS. The van der Waals surface area contributed by atoms with Gasteiger partial charge in [0, 0.05) is 82.4 Å². The van der Waals surface area contributed by atoms with Crippen molar-refractivity contribution in [3.05, 3.63) is 54.0 Å². The molecule has 4 aromatic rings. The highest BCUT2D eigenvalue weighted by atomic mass is 127. The molecule has 0 bridgehead atoms. The molecule has 0 amide bonds. The van der Waals surface area contributed by atoms with Crippen LogP contribution in [0.5, 0.6) is 5.75 Å². The minimum atomic E-state index is 0.592. The number of ether oxygens (including phenoxy) is 1. The van der Waals surface area contributed by atoms with E-state index in [-0.39, 0.29) is 0 Å². The van der Waals surface area contributed by atoms with Gasteiger partial charge in [-0.3, -0.25) is 13.1 Å². The molecule has 12 heteroatoms. The van der Waals surface area contributed by atoms with E-state index in [1.165, 1.54) is 11.3 Å². The van der Waals surface area contributed by atoms with Gasteiger partial charge in [0.2, 0.25) is 5.95 Å². The van der Waals surface area contributed by atoms with Crippen molar-refractivity contribution in [1.29, 1.82) is 0 Å². The molecule has 0 atom stereocenters. The van der Waals surface area contributed by atoms with Gasteiger partial charge in [0.25, 0.3) is 0 Å². The molecule has 0 saturated carbocycles. The van der Waals surface area contributed by atoms with Gasteiger partial charge in [-0.25, -0.2) is 4.98 Å². The Morgan fingerprint density at radius 3 is 2.45 bits per heavy atom. The maximum Gasteiger partial charge on any atom is 0.231 e. The first-order chi connectivity index (χ1) is 20.3. The lowest BCUT2D eigenvalue weighted by molar-refractivity contribution is 0.312. The molecule has 5 rings (SSSR count). The molecule has 1 saturated heterocycles. The van der Waals surface area contributed by atoms with Crippen molar-refractivity contribution in [3.8, 4) is 5.75 Å². The molecule has 0 radical (unpaired) electrons. The molecule has 222 valence electrons. The van der Waals surface area contributed by atoms with E-state index in [2.05, 4.69) is 95.4 Å². The smallest absolute Gasteiger partial charge is 0.231 e. The van der Waals surface area contributed by atoms with Crippen LogP contribution in [0.4, 0.5) is 34.5 Å². The SMILES string of the molecule is CCc1cnc(N(C)c2cc(C)c(N3CCN(C)CC3)cc2OC)nc1N(I)c1ccc2nccnc2c1N(C)SC. The van der Waals surface area contributed by atoms with Gasteiger partial charge in [-0.15, -0.1) is 0 Å². The number of anilines is 6. The van der Waals surface area contributed by atoms with Crippen LogP contribution in [0.2, 0.25) is 0 Å². The first-order valence-electron chi connectivity index (χ1n) is 14.0. The third kappa shape index (κ3) is 5.88. The van der Waals surface area contributed by atoms with Crippen molar-refractivity contribution < 1.29 is 4.74 Å². The van der Waals surface area contributed by atoms with E-state index in [4.69, 9.17) is 14.7 Å². The summed E-state index contributed by atoms with van der Waals surface area (Å²) in [5, 5.41) is 0. The summed E-state index contributed by atoms with van der Waals surface area (Å²) >= 11 is 3.97. The van der Waals surface area contributed by atoms with Gasteiger partial charge in [0.1, 0.15) is 11.3 Å². The summed E-state index contributed by atoms with van der Waals surface area (Å²) in [7, 11) is 7.94. The predicted octanol–water partition coefficient (Wildman–Crippen LogP) is 6.02. The number of fused-ring (bicyclic) bond motifs is 1. The Bertz CT molecular complexity index is 1560. The summed E-state index contributed by atoms with van der Waals surface area (Å²) in [4.78, 5) is 25.9. The fourth-order valence-corrected chi connectivity index (χ4v) is 6.41. The highest BCUT2D eigenvalue weighted by Gasteiger charge is 2.24. The summed E-state index contributed by atoms with van der Waals surface area (Å²) in [5.41, 5.74) is 8.04. The lowest BCUT2D eigenvalue weighted by atomic mass is 10.1. The molecule has 3 heterocycles. The monoisotopic (exact) mass is 699 g/mol. The van der Waals surface area contributed by atoms with E-state index in [0.717, 1.165) is 77.8 Å². The van der Waals surface area contributed by atoms with Crippen molar-refractivity contribution in [2.75, 3.05) is 77.9 Å². The Morgan fingerprint density at radius 1 is 1.02 bits per heavy atom. The minimum absolute atomic E-state index is 0.592. The van der Waals surface area contributed by atoms with Gasteiger partial charge in [0.05, 0.1) is 52.6 Å². The van der Waals surface area contributed by atoms with E-state index in [0.29, 0.717) is 5.95 Å². The summed E-state index contributed by atoms with van der Waals surface area (Å²) in [6, 6.07) is 8.42. The Labute approximate surface area is 266 Å². The van der Waals surface area contributed by atoms with Crippen molar-refractivity contribution in [2.45, 2.75) is 20.3 Å². The van der Waals surface area contributed by atoms with Crippen molar-refractivity contribution in [2.24, 2.45) is 0 Å². The lowest BCUT2D eigenvalue weighted by Crippen LogP contribution is -2.44. The number of hydrogen-bond donors (Lipinski definition) is 0. The number of nitrogens with zero attached hydrogens (tertiary/aromatic N) is 9. The number of methoxy groups -OCH3 is 1. The molecule has 42 heavy (non-hydrogen) atoms. The summed E-state index contributed by atoms with van der Waals surface area (Å²) < 4.78 is 10.1. The minimum Gasteiger partial charge on any atom is -0.494 e. The quantitative estimate of drug-likeness (QED) is 0.117. The normalized spacial score (nSPS) is 13.9. The summed E-state index contributed by atoms with van der Waals surface area (Å²) in [6.07, 6.45) is 8.23. The second-order valence-electron chi connectivity index (χ2n) is 10.4. The highest BCUT2D eigenvalue weighted by molar-refractivity contribution is 14.1. The zero-order chi connectivity index (χ0) is 30.0. The van der Waals surface area contributed by atoms with Crippen LogP contribution in [-0.2, 0) is 6.42 Å². The topological polar surface area (TPSA) is 77.0 Å². The molecule has 0 unspecified atom stereocenters. The Hall–Kier alpha value is -3.10. The first-order valence-corrected chi connectivity index (χ1v) is 16.1. The van der Waals surface area contributed by atoms with Crippen molar-refractivity contribution in [1.82, 2.24) is 24.8 Å².